The van der Waals surface area contributed by atoms with Crippen molar-refractivity contribution >= 4 is 17.7 Å². The molecule has 144 valence electrons. The number of benzene rings is 2. The lowest BCUT2D eigenvalue weighted by molar-refractivity contribution is 0.0810. The van der Waals surface area contributed by atoms with Crippen molar-refractivity contribution in [2.45, 2.75) is 28.9 Å². The monoisotopic (exact) mass is 401 g/mol. The van der Waals surface area contributed by atoms with Gasteiger partial charge in [-0.05, 0) is 30.2 Å². The number of nitriles is 1. The largest absolute Gasteiger partial charge is 0.307 e. The van der Waals surface area contributed by atoms with Gasteiger partial charge in [-0.2, -0.15) is 10.4 Å². The minimum Gasteiger partial charge on any atom is -0.307 e. The highest BCUT2D eigenvalue weighted by molar-refractivity contribution is 7.99. The smallest absolute Gasteiger partial charge is 0.276 e. The summed E-state index contributed by atoms with van der Waals surface area (Å²) in [7, 11) is 0. The van der Waals surface area contributed by atoms with Crippen LogP contribution in [0.4, 0.5) is 0 Å². The van der Waals surface area contributed by atoms with E-state index in [0.29, 0.717) is 18.2 Å². The summed E-state index contributed by atoms with van der Waals surface area (Å²) in [6.07, 6.45) is 2.08. The van der Waals surface area contributed by atoms with E-state index in [2.05, 4.69) is 41.5 Å². The molecule has 1 N–H and O–H groups in total. The van der Waals surface area contributed by atoms with Crippen molar-refractivity contribution in [3.63, 3.8) is 0 Å². The molecule has 0 bridgehead atoms. The van der Waals surface area contributed by atoms with Crippen LogP contribution in [0.1, 0.15) is 17.4 Å². The maximum Gasteiger partial charge on any atom is 0.276 e. The lowest BCUT2D eigenvalue weighted by Crippen LogP contribution is -2.30. The SMILES string of the molecule is CC1CN(C#N)C2[C@@H]1N2C(=O)c1cc(-c2ccccc2Sc2ccccc2)[nH]n1. The van der Waals surface area contributed by atoms with Crippen molar-refractivity contribution in [3.8, 4) is 17.5 Å². The van der Waals surface area contributed by atoms with Crippen LogP contribution in [0.3, 0.4) is 0 Å². The topological polar surface area (TPSA) is 75.8 Å². The number of carbonyl (C=O) groups is 1. The van der Waals surface area contributed by atoms with Gasteiger partial charge in [0.05, 0.1) is 11.7 Å². The molecule has 0 spiro atoms. The first-order valence-electron chi connectivity index (χ1n) is 9.54. The summed E-state index contributed by atoms with van der Waals surface area (Å²) in [6.45, 7) is 2.79. The van der Waals surface area contributed by atoms with Crippen molar-refractivity contribution in [1.29, 1.82) is 5.26 Å². The van der Waals surface area contributed by atoms with E-state index >= 15 is 0 Å². The van der Waals surface area contributed by atoms with E-state index in [4.69, 9.17) is 0 Å². The fourth-order valence-corrected chi connectivity index (χ4v) is 5.10. The summed E-state index contributed by atoms with van der Waals surface area (Å²) in [5.41, 5.74) is 2.20. The third-order valence-corrected chi connectivity index (χ3v) is 6.60. The fourth-order valence-electron chi connectivity index (χ4n) is 4.12. The Morgan fingerprint density at radius 1 is 1.21 bits per heavy atom. The number of amides is 1. The molecule has 0 aliphatic carbocycles. The van der Waals surface area contributed by atoms with Gasteiger partial charge in [0.1, 0.15) is 6.17 Å². The number of aromatic nitrogens is 2. The Labute approximate surface area is 173 Å². The average molecular weight is 401 g/mol. The number of nitrogens with one attached hydrogen (secondary N) is 1. The average Bonchev–Trinajstić information content (AvgIpc) is 3.12. The van der Waals surface area contributed by atoms with Crippen LogP contribution in [0.2, 0.25) is 0 Å². The Morgan fingerprint density at radius 2 is 1.97 bits per heavy atom. The van der Waals surface area contributed by atoms with Gasteiger partial charge in [0.15, 0.2) is 11.9 Å². The first kappa shape index (κ1) is 17.8. The van der Waals surface area contributed by atoms with Crippen LogP contribution in [-0.4, -0.2) is 44.7 Å². The van der Waals surface area contributed by atoms with E-state index in [-0.39, 0.29) is 18.1 Å². The molecule has 0 saturated carbocycles. The van der Waals surface area contributed by atoms with Gasteiger partial charge in [0.25, 0.3) is 5.91 Å². The maximum absolute atomic E-state index is 13.0. The van der Waals surface area contributed by atoms with Gasteiger partial charge in [-0.25, -0.2) is 0 Å². The highest BCUT2D eigenvalue weighted by Gasteiger charge is 2.62. The second kappa shape index (κ2) is 6.98. The molecule has 3 aromatic rings. The van der Waals surface area contributed by atoms with Crippen LogP contribution in [0, 0.1) is 17.4 Å². The summed E-state index contributed by atoms with van der Waals surface area (Å²) in [5.74, 6) is 0.174. The minimum absolute atomic E-state index is 0.108. The molecular weight excluding hydrogens is 382 g/mol. The van der Waals surface area contributed by atoms with E-state index in [1.807, 2.05) is 42.5 Å². The number of H-pyrrole nitrogens is 1. The Bertz CT molecular complexity index is 1110. The van der Waals surface area contributed by atoms with Crippen LogP contribution in [0.15, 0.2) is 70.5 Å². The van der Waals surface area contributed by atoms with E-state index in [9.17, 15) is 10.1 Å². The van der Waals surface area contributed by atoms with Gasteiger partial charge < -0.3 is 4.90 Å². The van der Waals surface area contributed by atoms with E-state index in [0.717, 1.165) is 21.0 Å². The standard InChI is InChI=1S/C22H19N5OS/c1-14-12-26(13-23)21-20(14)27(21)22(28)18-11-17(24-25-18)16-9-5-6-10-19(16)29-15-7-3-2-4-8-15/h2-11,14,20-21H,12H2,1H3,(H,24,25)/t14?,20-,21?,27?/m1/s1. The zero-order valence-corrected chi connectivity index (χ0v) is 16.6. The van der Waals surface area contributed by atoms with E-state index < -0.39 is 0 Å². The zero-order valence-electron chi connectivity index (χ0n) is 15.8. The summed E-state index contributed by atoms with van der Waals surface area (Å²) in [6, 6.07) is 20.2. The van der Waals surface area contributed by atoms with Gasteiger partial charge in [-0.3, -0.25) is 14.8 Å². The predicted molar refractivity (Wildman–Crippen MR) is 110 cm³/mol. The maximum atomic E-state index is 13.0. The number of fused-ring (bicyclic) bond motifs is 1. The van der Waals surface area contributed by atoms with Gasteiger partial charge in [0, 0.05) is 21.9 Å². The molecule has 29 heavy (non-hydrogen) atoms. The number of aromatic amines is 1. The first-order chi connectivity index (χ1) is 14.2. The summed E-state index contributed by atoms with van der Waals surface area (Å²) in [5, 5.41) is 16.6. The summed E-state index contributed by atoms with van der Waals surface area (Å²) < 4.78 is 0. The predicted octanol–water partition coefficient (Wildman–Crippen LogP) is 3.81. The van der Waals surface area contributed by atoms with Gasteiger partial charge in [-0.1, -0.05) is 55.1 Å². The third-order valence-electron chi connectivity index (χ3n) is 5.52. The minimum atomic E-state index is -0.123. The van der Waals surface area contributed by atoms with Crippen LogP contribution < -0.4 is 0 Å². The second-order valence-corrected chi connectivity index (χ2v) is 8.54. The fraction of sp³-hybridized carbons (Fsp3) is 0.227. The molecule has 2 aliphatic rings. The van der Waals surface area contributed by atoms with Crippen LogP contribution in [-0.2, 0) is 0 Å². The number of carbonyl (C=O) groups excluding carboxylic acids is 1. The highest BCUT2D eigenvalue weighted by atomic mass is 32.2. The third kappa shape index (κ3) is 3.06. The molecule has 6 nitrogen and oxygen atoms in total. The molecule has 2 aromatic carbocycles. The quantitative estimate of drug-likeness (QED) is 0.531. The number of hydrogen-bond acceptors (Lipinski definition) is 5. The van der Waals surface area contributed by atoms with Crippen LogP contribution in [0.5, 0.6) is 0 Å². The molecule has 3 atom stereocenters. The van der Waals surface area contributed by atoms with Crippen LogP contribution >= 0.6 is 11.8 Å². The molecule has 2 aliphatic heterocycles. The Balaban J connectivity index is 1.39. The van der Waals surface area contributed by atoms with E-state index in [1.54, 1.807) is 21.6 Å². The molecule has 2 fully saturated rings. The van der Waals surface area contributed by atoms with Crippen molar-refractivity contribution in [1.82, 2.24) is 20.0 Å². The molecule has 5 rings (SSSR count). The van der Waals surface area contributed by atoms with Crippen LogP contribution in [0.25, 0.3) is 11.3 Å². The number of rotatable bonds is 4. The van der Waals surface area contributed by atoms with Gasteiger partial charge in [0.2, 0.25) is 0 Å². The van der Waals surface area contributed by atoms with Gasteiger partial charge >= 0.3 is 0 Å². The van der Waals surface area contributed by atoms with Crippen molar-refractivity contribution in [2.75, 3.05) is 6.54 Å². The van der Waals surface area contributed by atoms with Gasteiger partial charge in [-0.15, -0.1) is 0 Å². The molecule has 2 saturated heterocycles. The zero-order chi connectivity index (χ0) is 20.0. The molecule has 3 heterocycles. The molecule has 1 amide bonds. The molecule has 2 unspecified atom stereocenters. The number of hydrogen-bond donors (Lipinski definition) is 1. The molecule has 0 radical (unpaired) electrons. The Hall–Kier alpha value is -3.24. The Morgan fingerprint density at radius 3 is 2.76 bits per heavy atom. The highest BCUT2D eigenvalue weighted by Crippen LogP contribution is 2.44. The normalized spacial score (nSPS) is 22.3. The lowest BCUT2D eigenvalue weighted by Gasteiger charge is -2.16. The first-order valence-corrected chi connectivity index (χ1v) is 10.4. The van der Waals surface area contributed by atoms with E-state index in [1.165, 1.54) is 0 Å². The van der Waals surface area contributed by atoms with Crippen molar-refractivity contribution in [2.24, 2.45) is 5.92 Å². The summed E-state index contributed by atoms with van der Waals surface area (Å²) in [4.78, 5) is 18.6. The summed E-state index contributed by atoms with van der Waals surface area (Å²) >= 11 is 1.68. The van der Waals surface area contributed by atoms with Crippen molar-refractivity contribution in [3.05, 3.63) is 66.4 Å². The molecule has 7 heteroatoms. The number of nitrogens with zero attached hydrogens (tertiary/aromatic N) is 4. The molecular formula is C22H19N5OS. The Kier molecular flexibility index (Phi) is 4.29. The second-order valence-electron chi connectivity index (χ2n) is 7.42. The number of likely N-dealkylation sites (tertiary alicyclic amines) is 1. The van der Waals surface area contributed by atoms with Crippen molar-refractivity contribution < 1.29 is 4.79 Å². The lowest BCUT2D eigenvalue weighted by atomic mass is 10.1. The molecule has 1 aromatic heterocycles.